The molecule has 0 radical (unpaired) electrons. The number of hydrogen-bond donors (Lipinski definition) is 1. The Morgan fingerprint density at radius 3 is 2.20 bits per heavy atom. The minimum Gasteiger partial charge on any atom is -0.487 e. The molecule has 1 fully saturated rings. The number of carbonyl (C=O) groups is 1. The Bertz CT molecular complexity index is 960. The first-order valence-corrected chi connectivity index (χ1v) is 10.7. The van der Waals surface area contributed by atoms with Crippen molar-refractivity contribution in [1.82, 2.24) is 10.3 Å². The first-order chi connectivity index (χ1) is 14.7. The second-order valence-corrected chi connectivity index (χ2v) is 7.93. The Morgan fingerprint density at radius 1 is 0.933 bits per heavy atom. The van der Waals surface area contributed by atoms with Crippen molar-refractivity contribution in [1.29, 1.82) is 0 Å². The van der Waals surface area contributed by atoms with E-state index < -0.39 is 0 Å². The summed E-state index contributed by atoms with van der Waals surface area (Å²) in [6.07, 6.45) is 7.75. The summed E-state index contributed by atoms with van der Waals surface area (Å²) in [5.74, 6) is 0.805. The lowest BCUT2D eigenvalue weighted by molar-refractivity contribution is 0.0963. The van der Waals surface area contributed by atoms with Crippen molar-refractivity contribution in [3.8, 4) is 5.75 Å². The molecule has 0 unspecified atom stereocenters. The van der Waals surface area contributed by atoms with E-state index in [1.807, 2.05) is 30.3 Å². The van der Waals surface area contributed by atoms with Gasteiger partial charge in [0.15, 0.2) is 0 Å². The number of amides is 1. The van der Waals surface area contributed by atoms with Gasteiger partial charge in [0.1, 0.15) is 12.4 Å². The van der Waals surface area contributed by atoms with Gasteiger partial charge >= 0.3 is 0 Å². The summed E-state index contributed by atoms with van der Waals surface area (Å²) in [6, 6.07) is 22.5. The molecule has 1 aliphatic rings. The Balaban J connectivity index is 1.56. The number of aromatic nitrogens is 1. The quantitative estimate of drug-likeness (QED) is 0.613. The van der Waals surface area contributed by atoms with Crippen molar-refractivity contribution < 1.29 is 9.53 Å². The molecule has 1 aliphatic carbocycles. The molecular formula is C26H28N2O2. The monoisotopic (exact) mass is 400 g/mol. The summed E-state index contributed by atoms with van der Waals surface area (Å²) < 4.78 is 5.92. The van der Waals surface area contributed by atoms with E-state index in [1.165, 1.54) is 30.4 Å². The van der Waals surface area contributed by atoms with Crippen molar-refractivity contribution in [2.45, 2.75) is 44.1 Å². The Morgan fingerprint density at radius 2 is 1.60 bits per heavy atom. The van der Waals surface area contributed by atoms with Gasteiger partial charge < -0.3 is 10.1 Å². The maximum atomic E-state index is 11.9. The average Bonchev–Trinajstić information content (AvgIpc) is 2.84. The van der Waals surface area contributed by atoms with Crippen LogP contribution in [0.3, 0.4) is 0 Å². The lowest BCUT2D eigenvalue weighted by Crippen LogP contribution is -2.30. The summed E-state index contributed by atoms with van der Waals surface area (Å²) in [4.78, 5) is 16.2. The molecule has 0 aliphatic heterocycles. The van der Waals surface area contributed by atoms with Crippen molar-refractivity contribution >= 4 is 5.91 Å². The van der Waals surface area contributed by atoms with E-state index in [-0.39, 0.29) is 11.3 Å². The lowest BCUT2D eigenvalue weighted by atomic mass is 9.65. The molecule has 0 atom stereocenters. The summed E-state index contributed by atoms with van der Waals surface area (Å²) in [5, 5.41) is 2.69. The normalized spacial score (nSPS) is 15.4. The topological polar surface area (TPSA) is 51.2 Å². The number of ether oxygens (including phenoxy) is 1. The van der Waals surface area contributed by atoms with E-state index in [1.54, 1.807) is 13.2 Å². The minimum absolute atomic E-state index is 0.00101. The molecule has 4 nitrogen and oxygen atoms in total. The minimum atomic E-state index is -0.0475. The predicted molar refractivity (Wildman–Crippen MR) is 119 cm³/mol. The fraction of sp³-hybridized carbons (Fsp3) is 0.308. The van der Waals surface area contributed by atoms with Crippen LogP contribution in [-0.4, -0.2) is 17.9 Å². The van der Waals surface area contributed by atoms with Gasteiger partial charge in [-0.3, -0.25) is 9.78 Å². The van der Waals surface area contributed by atoms with Gasteiger partial charge in [-0.2, -0.15) is 0 Å². The molecule has 1 saturated carbocycles. The van der Waals surface area contributed by atoms with E-state index in [0.717, 1.165) is 24.3 Å². The van der Waals surface area contributed by atoms with Crippen LogP contribution in [0.15, 0.2) is 72.9 Å². The highest BCUT2D eigenvalue weighted by atomic mass is 16.5. The number of benzene rings is 2. The molecule has 4 rings (SSSR count). The van der Waals surface area contributed by atoms with Gasteiger partial charge in [-0.1, -0.05) is 49.6 Å². The molecule has 1 aromatic heterocycles. The van der Waals surface area contributed by atoms with Crippen LogP contribution < -0.4 is 10.1 Å². The zero-order chi connectivity index (χ0) is 20.8. The first-order valence-electron chi connectivity index (χ1n) is 10.7. The second kappa shape index (κ2) is 9.12. The molecule has 2 aromatic carbocycles. The Kier molecular flexibility index (Phi) is 6.12. The number of nitrogens with zero attached hydrogens (tertiary/aromatic N) is 1. The highest BCUT2D eigenvalue weighted by Crippen LogP contribution is 2.45. The SMILES string of the molecule is CNC(=O)c1ccc(C2(c3ccc(OCc4ccccn4)cc3)CCCCC2)cc1. The van der Waals surface area contributed by atoms with Gasteiger partial charge in [-0.15, -0.1) is 0 Å². The second-order valence-electron chi connectivity index (χ2n) is 7.93. The largest absolute Gasteiger partial charge is 0.487 e. The van der Waals surface area contributed by atoms with Crippen LogP contribution in [0, 0.1) is 0 Å². The van der Waals surface area contributed by atoms with Crippen LogP contribution in [-0.2, 0) is 12.0 Å². The fourth-order valence-electron chi connectivity index (χ4n) is 4.50. The van der Waals surface area contributed by atoms with Gasteiger partial charge in [0.25, 0.3) is 5.91 Å². The van der Waals surface area contributed by atoms with E-state index in [4.69, 9.17) is 4.74 Å². The van der Waals surface area contributed by atoms with Crippen LogP contribution in [0.1, 0.15) is 59.3 Å². The highest BCUT2D eigenvalue weighted by molar-refractivity contribution is 5.94. The van der Waals surface area contributed by atoms with Gasteiger partial charge in [0, 0.05) is 24.2 Å². The molecule has 3 aromatic rings. The van der Waals surface area contributed by atoms with Gasteiger partial charge in [-0.25, -0.2) is 0 Å². The lowest BCUT2D eigenvalue weighted by Gasteiger charge is -2.38. The fourth-order valence-corrected chi connectivity index (χ4v) is 4.50. The first kappa shape index (κ1) is 20.1. The van der Waals surface area contributed by atoms with E-state index in [0.29, 0.717) is 12.2 Å². The highest BCUT2D eigenvalue weighted by Gasteiger charge is 2.35. The van der Waals surface area contributed by atoms with Crippen molar-refractivity contribution in [3.63, 3.8) is 0 Å². The number of pyridine rings is 1. The molecule has 154 valence electrons. The third-order valence-corrected chi connectivity index (χ3v) is 6.15. The van der Waals surface area contributed by atoms with Gasteiger partial charge in [-0.05, 0) is 60.4 Å². The summed E-state index contributed by atoms with van der Waals surface area (Å²) in [6.45, 7) is 0.465. The van der Waals surface area contributed by atoms with Crippen molar-refractivity contribution in [3.05, 3.63) is 95.3 Å². The molecule has 4 heteroatoms. The predicted octanol–water partition coefficient (Wildman–Crippen LogP) is 5.27. The Labute approximate surface area is 178 Å². The standard InChI is InChI=1S/C26H28N2O2/c1-27-25(29)20-8-10-21(11-9-20)26(16-4-2-5-17-26)22-12-14-24(15-13-22)30-19-23-7-3-6-18-28-23/h3,6-15,18H,2,4-5,16-17,19H2,1H3,(H,27,29). The third kappa shape index (κ3) is 4.23. The number of nitrogens with one attached hydrogen (secondary N) is 1. The van der Waals surface area contributed by atoms with E-state index >= 15 is 0 Å². The molecule has 1 amide bonds. The zero-order valence-electron chi connectivity index (χ0n) is 17.4. The van der Waals surface area contributed by atoms with Crippen LogP contribution in [0.4, 0.5) is 0 Å². The van der Waals surface area contributed by atoms with Crippen molar-refractivity contribution in [2.24, 2.45) is 0 Å². The maximum Gasteiger partial charge on any atom is 0.251 e. The van der Waals surface area contributed by atoms with E-state index in [9.17, 15) is 4.79 Å². The van der Waals surface area contributed by atoms with Crippen LogP contribution in [0.25, 0.3) is 0 Å². The van der Waals surface area contributed by atoms with Crippen LogP contribution >= 0.6 is 0 Å². The molecule has 0 saturated heterocycles. The molecule has 0 bridgehead atoms. The summed E-state index contributed by atoms with van der Waals surface area (Å²) >= 11 is 0. The van der Waals surface area contributed by atoms with Crippen molar-refractivity contribution in [2.75, 3.05) is 7.05 Å². The molecule has 1 N–H and O–H groups in total. The zero-order valence-corrected chi connectivity index (χ0v) is 17.4. The molecular weight excluding hydrogens is 372 g/mol. The van der Waals surface area contributed by atoms with Crippen LogP contribution in [0.2, 0.25) is 0 Å². The van der Waals surface area contributed by atoms with Crippen LogP contribution in [0.5, 0.6) is 5.75 Å². The van der Waals surface area contributed by atoms with Gasteiger partial charge in [0.05, 0.1) is 5.69 Å². The number of rotatable bonds is 6. The molecule has 1 heterocycles. The summed E-state index contributed by atoms with van der Waals surface area (Å²) in [7, 11) is 1.66. The maximum absolute atomic E-state index is 11.9. The number of carbonyl (C=O) groups excluding carboxylic acids is 1. The third-order valence-electron chi connectivity index (χ3n) is 6.15. The Hall–Kier alpha value is -3.14. The molecule has 0 spiro atoms. The summed E-state index contributed by atoms with van der Waals surface area (Å²) in [5.41, 5.74) is 4.23. The smallest absolute Gasteiger partial charge is 0.251 e. The van der Waals surface area contributed by atoms with E-state index in [2.05, 4.69) is 46.7 Å². The average molecular weight is 401 g/mol. The molecule has 30 heavy (non-hydrogen) atoms. The number of hydrogen-bond acceptors (Lipinski definition) is 3. The van der Waals surface area contributed by atoms with Gasteiger partial charge in [0.2, 0.25) is 0 Å².